The molecule has 5 heteroatoms. The molecule has 1 heterocycles. The molecule has 0 fully saturated rings. The van der Waals surface area contributed by atoms with Crippen molar-refractivity contribution in [3.05, 3.63) is 11.1 Å². The molecule has 2 N–H and O–H groups in total. The maximum absolute atomic E-state index is 9.20. The summed E-state index contributed by atoms with van der Waals surface area (Å²) in [5, 5.41) is 13.4. The van der Waals surface area contributed by atoms with E-state index in [0.29, 0.717) is 0 Å². The number of aromatic nitrogens is 1. The zero-order valence-electron chi connectivity index (χ0n) is 10.2. The molecule has 0 aliphatic carbocycles. The van der Waals surface area contributed by atoms with Crippen LogP contribution in [0.2, 0.25) is 0 Å². The molecule has 1 unspecified atom stereocenters. The second kappa shape index (κ2) is 6.83. The Morgan fingerprint density at radius 1 is 1.62 bits per heavy atom. The third-order valence-electron chi connectivity index (χ3n) is 2.24. The van der Waals surface area contributed by atoms with E-state index in [9.17, 15) is 5.11 Å². The van der Waals surface area contributed by atoms with Crippen LogP contribution < -0.4 is 5.32 Å². The summed E-state index contributed by atoms with van der Waals surface area (Å²) in [4.78, 5) is 7.74. The maximum atomic E-state index is 9.20. The van der Waals surface area contributed by atoms with Crippen molar-refractivity contribution in [2.75, 3.05) is 25.5 Å². The lowest BCUT2D eigenvalue weighted by molar-refractivity contribution is 0.163. The Bertz CT molecular complexity index is 301. The zero-order chi connectivity index (χ0) is 12.0. The van der Waals surface area contributed by atoms with Crippen LogP contribution in [0, 0.1) is 0 Å². The summed E-state index contributed by atoms with van der Waals surface area (Å²) >= 11 is 1.69. The number of thiazole rings is 1. The summed E-state index contributed by atoms with van der Waals surface area (Å²) < 4.78 is 0. The molecule has 0 amide bonds. The molecule has 0 bridgehead atoms. The highest BCUT2D eigenvalue weighted by atomic mass is 32.1. The minimum absolute atomic E-state index is 0.221. The van der Waals surface area contributed by atoms with E-state index in [4.69, 9.17) is 0 Å². The van der Waals surface area contributed by atoms with Crippen LogP contribution in [0.1, 0.15) is 25.1 Å². The van der Waals surface area contributed by atoms with Crippen molar-refractivity contribution >= 4 is 16.5 Å². The first-order valence-corrected chi connectivity index (χ1v) is 6.48. The highest BCUT2D eigenvalue weighted by Crippen LogP contribution is 2.19. The lowest BCUT2D eigenvalue weighted by Crippen LogP contribution is -2.21. The van der Waals surface area contributed by atoms with Gasteiger partial charge in [-0.05, 0) is 27.3 Å². The van der Waals surface area contributed by atoms with Crippen molar-refractivity contribution in [1.82, 2.24) is 9.88 Å². The Kier molecular flexibility index (Phi) is 5.73. The maximum Gasteiger partial charge on any atom is 0.182 e. The fourth-order valence-corrected chi connectivity index (χ4v) is 2.33. The first-order chi connectivity index (χ1) is 7.61. The van der Waals surface area contributed by atoms with Gasteiger partial charge in [-0.1, -0.05) is 0 Å². The second-order valence-electron chi connectivity index (χ2n) is 4.04. The van der Waals surface area contributed by atoms with Crippen LogP contribution in [0.15, 0.2) is 6.20 Å². The van der Waals surface area contributed by atoms with Gasteiger partial charge in [0.1, 0.15) is 0 Å². The minimum Gasteiger partial charge on any atom is -0.393 e. The summed E-state index contributed by atoms with van der Waals surface area (Å²) in [6.45, 7) is 6.60. The monoisotopic (exact) mass is 243 g/mol. The number of nitrogens with one attached hydrogen (secondary N) is 1. The molecule has 0 saturated carbocycles. The van der Waals surface area contributed by atoms with E-state index in [2.05, 4.69) is 29.2 Å². The Hall–Kier alpha value is -0.650. The Morgan fingerprint density at radius 2 is 2.38 bits per heavy atom. The van der Waals surface area contributed by atoms with E-state index < -0.39 is 0 Å². The van der Waals surface area contributed by atoms with E-state index in [1.807, 2.05) is 13.1 Å². The predicted molar refractivity (Wildman–Crippen MR) is 68.9 cm³/mol. The van der Waals surface area contributed by atoms with Crippen LogP contribution in [0.4, 0.5) is 5.13 Å². The van der Waals surface area contributed by atoms with Crippen LogP contribution in [0.3, 0.4) is 0 Å². The molecule has 0 radical (unpaired) electrons. The highest BCUT2D eigenvalue weighted by Gasteiger charge is 2.05. The van der Waals surface area contributed by atoms with Crippen molar-refractivity contribution < 1.29 is 5.11 Å². The molecule has 0 aliphatic rings. The van der Waals surface area contributed by atoms with Crippen molar-refractivity contribution in [2.24, 2.45) is 0 Å². The van der Waals surface area contributed by atoms with Gasteiger partial charge in [-0.15, -0.1) is 11.3 Å². The van der Waals surface area contributed by atoms with E-state index in [-0.39, 0.29) is 6.10 Å². The number of hydrogen-bond acceptors (Lipinski definition) is 5. The van der Waals surface area contributed by atoms with Gasteiger partial charge in [-0.3, -0.25) is 0 Å². The van der Waals surface area contributed by atoms with Crippen molar-refractivity contribution in [1.29, 1.82) is 0 Å². The molecule has 1 aromatic heterocycles. The largest absolute Gasteiger partial charge is 0.393 e. The van der Waals surface area contributed by atoms with Gasteiger partial charge in [-0.2, -0.15) is 0 Å². The van der Waals surface area contributed by atoms with Crippen LogP contribution in [0.25, 0.3) is 0 Å². The van der Waals surface area contributed by atoms with Gasteiger partial charge < -0.3 is 15.3 Å². The molecule has 1 rings (SSSR count). The third kappa shape index (κ3) is 4.92. The average Bonchev–Trinajstić information content (AvgIpc) is 2.63. The molecule has 16 heavy (non-hydrogen) atoms. The zero-order valence-corrected chi connectivity index (χ0v) is 11.0. The third-order valence-corrected chi connectivity index (χ3v) is 3.18. The van der Waals surface area contributed by atoms with E-state index >= 15 is 0 Å². The number of nitrogens with zero attached hydrogens (tertiary/aromatic N) is 2. The quantitative estimate of drug-likeness (QED) is 0.766. The second-order valence-corrected chi connectivity index (χ2v) is 5.15. The molecular weight excluding hydrogens is 222 g/mol. The molecule has 0 saturated heterocycles. The number of hydrogen-bond donors (Lipinski definition) is 2. The lowest BCUT2D eigenvalue weighted by Gasteiger charge is -2.15. The Balaban J connectivity index is 2.34. The normalized spacial score (nSPS) is 13.1. The van der Waals surface area contributed by atoms with Gasteiger partial charge >= 0.3 is 0 Å². The Morgan fingerprint density at radius 3 is 3.00 bits per heavy atom. The average molecular weight is 243 g/mol. The van der Waals surface area contributed by atoms with Crippen molar-refractivity contribution in [3.8, 4) is 0 Å². The van der Waals surface area contributed by atoms with E-state index in [0.717, 1.165) is 31.2 Å². The molecule has 0 aromatic carbocycles. The first kappa shape index (κ1) is 13.4. The van der Waals surface area contributed by atoms with Crippen LogP contribution in [0.5, 0.6) is 0 Å². The van der Waals surface area contributed by atoms with Gasteiger partial charge in [0, 0.05) is 30.7 Å². The lowest BCUT2D eigenvalue weighted by atomic mass is 10.3. The number of rotatable bonds is 7. The number of anilines is 1. The minimum atomic E-state index is -0.221. The molecule has 0 spiro atoms. The number of aliphatic hydroxyl groups is 1. The van der Waals surface area contributed by atoms with E-state index in [1.165, 1.54) is 4.88 Å². The molecule has 1 aromatic rings. The first-order valence-electron chi connectivity index (χ1n) is 5.67. The Labute approximate surface area is 101 Å². The summed E-state index contributed by atoms with van der Waals surface area (Å²) in [6.07, 6.45) is 2.51. The molecule has 0 aliphatic heterocycles. The van der Waals surface area contributed by atoms with Gasteiger partial charge in [-0.25, -0.2) is 4.98 Å². The molecule has 92 valence electrons. The fourth-order valence-electron chi connectivity index (χ4n) is 1.37. The van der Waals surface area contributed by atoms with Crippen LogP contribution in [-0.2, 0) is 6.54 Å². The highest BCUT2D eigenvalue weighted by molar-refractivity contribution is 7.15. The molecular formula is C11H21N3OS. The SMILES string of the molecule is CCNc1ncc(CN(C)CCC(C)O)s1. The smallest absolute Gasteiger partial charge is 0.182 e. The topological polar surface area (TPSA) is 48.4 Å². The summed E-state index contributed by atoms with van der Waals surface area (Å²) in [5.41, 5.74) is 0. The predicted octanol–water partition coefficient (Wildman–Crippen LogP) is 1.78. The van der Waals surface area contributed by atoms with Gasteiger partial charge in [0.2, 0.25) is 0 Å². The van der Waals surface area contributed by atoms with Crippen molar-refractivity contribution in [3.63, 3.8) is 0 Å². The summed E-state index contributed by atoms with van der Waals surface area (Å²) in [6, 6.07) is 0. The molecule has 1 atom stereocenters. The van der Waals surface area contributed by atoms with Gasteiger partial charge in [0.05, 0.1) is 6.10 Å². The van der Waals surface area contributed by atoms with Crippen LogP contribution >= 0.6 is 11.3 Å². The number of aliphatic hydroxyl groups excluding tert-OH is 1. The van der Waals surface area contributed by atoms with Crippen molar-refractivity contribution in [2.45, 2.75) is 32.9 Å². The van der Waals surface area contributed by atoms with Gasteiger partial charge in [0.15, 0.2) is 5.13 Å². The van der Waals surface area contributed by atoms with E-state index in [1.54, 1.807) is 11.3 Å². The summed E-state index contributed by atoms with van der Waals surface area (Å²) in [5.74, 6) is 0. The summed E-state index contributed by atoms with van der Waals surface area (Å²) in [7, 11) is 2.06. The standard InChI is InChI=1S/C11H21N3OS/c1-4-12-11-13-7-10(16-11)8-14(3)6-5-9(2)15/h7,9,15H,4-6,8H2,1-3H3,(H,12,13). The fraction of sp³-hybridized carbons (Fsp3) is 0.727. The van der Waals surface area contributed by atoms with Crippen LogP contribution in [-0.4, -0.2) is 41.2 Å². The van der Waals surface area contributed by atoms with Gasteiger partial charge in [0.25, 0.3) is 0 Å². The molecule has 4 nitrogen and oxygen atoms in total.